The zero-order chi connectivity index (χ0) is 14.4. The molecule has 1 amide bonds. The number of rotatable bonds is 6. The van der Waals surface area contributed by atoms with Crippen molar-refractivity contribution in [2.45, 2.75) is 19.4 Å². The molecule has 19 heavy (non-hydrogen) atoms. The van der Waals surface area contributed by atoms with E-state index in [-0.39, 0.29) is 18.9 Å². The van der Waals surface area contributed by atoms with Crippen molar-refractivity contribution in [1.82, 2.24) is 5.32 Å². The number of ether oxygens (including phenoxy) is 1. The fourth-order valence-corrected chi connectivity index (χ4v) is 1.62. The lowest BCUT2D eigenvalue weighted by Gasteiger charge is -2.14. The summed E-state index contributed by atoms with van der Waals surface area (Å²) in [7, 11) is 1.38. The molecule has 1 aromatic rings. The predicted molar refractivity (Wildman–Crippen MR) is 66.5 cm³/mol. The smallest absolute Gasteiger partial charge is 0.306 e. The SMILES string of the molecule is COC(CNC(=O)c1ccc(F)cc1C)CC(=O)O. The van der Waals surface area contributed by atoms with Gasteiger partial charge in [-0.25, -0.2) is 4.39 Å². The summed E-state index contributed by atoms with van der Waals surface area (Å²) in [6.07, 6.45) is -0.790. The lowest BCUT2D eigenvalue weighted by atomic mass is 10.1. The van der Waals surface area contributed by atoms with Crippen LogP contribution in [0.3, 0.4) is 0 Å². The Morgan fingerprint density at radius 1 is 1.47 bits per heavy atom. The standard InChI is InChI=1S/C13H16FNO4/c1-8-5-9(14)3-4-11(8)13(18)15-7-10(19-2)6-12(16)17/h3-5,10H,6-7H2,1-2H3,(H,15,18)(H,16,17). The van der Waals surface area contributed by atoms with E-state index in [9.17, 15) is 14.0 Å². The molecule has 0 radical (unpaired) electrons. The van der Waals surface area contributed by atoms with Gasteiger partial charge in [0.05, 0.1) is 12.5 Å². The topological polar surface area (TPSA) is 75.6 Å². The largest absolute Gasteiger partial charge is 0.481 e. The number of aliphatic carboxylic acids is 1. The summed E-state index contributed by atoms with van der Waals surface area (Å²) in [6, 6.07) is 3.85. The van der Waals surface area contributed by atoms with Crippen LogP contribution in [-0.4, -0.2) is 36.7 Å². The van der Waals surface area contributed by atoms with E-state index in [2.05, 4.69) is 5.32 Å². The van der Waals surface area contributed by atoms with Gasteiger partial charge in [-0.15, -0.1) is 0 Å². The van der Waals surface area contributed by atoms with Gasteiger partial charge in [0.15, 0.2) is 0 Å². The maximum Gasteiger partial charge on any atom is 0.306 e. The Bertz CT molecular complexity index is 476. The second-order valence-electron chi connectivity index (χ2n) is 4.12. The number of carbonyl (C=O) groups is 2. The van der Waals surface area contributed by atoms with E-state index >= 15 is 0 Å². The molecule has 0 aliphatic rings. The molecule has 0 bridgehead atoms. The van der Waals surface area contributed by atoms with Crippen molar-refractivity contribution in [3.05, 3.63) is 35.1 Å². The first-order valence-electron chi connectivity index (χ1n) is 5.73. The van der Waals surface area contributed by atoms with Crippen molar-refractivity contribution in [2.75, 3.05) is 13.7 Å². The molecule has 0 saturated carbocycles. The van der Waals surface area contributed by atoms with Crippen LogP contribution >= 0.6 is 0 Å². The molecule has 0 fully saturated rings. The van der Waals surface area contributed by atoms with Crippen LogP contribution in [-0.2, 0) is 9.53 Å². The minimum absolute atomic E-state index is 0.0818. The molecular formula is C13H16FNO4. The van der Waals surface area contributed by atoms with Gasteiger partial charge in [0, 0.05) is 19.2 Å². The molecule has 104 valence electrons. The van der Waals surface area contributed by atoms with E-state index in [1.165, 1.54) is 25.3 Å². The van der Waals surface area contributed by atoms with Gasteiger partial charge in [0.25, 0.3) is 5.91 Å². The van der Waals surface area contributed by atoms with Crippen molar-refractivity contribution in [2.24, 2.45) is 0 Å². The lowest BCUT2D eigenvalue weighted by molar-refractivity contribution is -0.139. The summed E-state index contributed by atoms with van der Waals surface area (Å²) in [5.74, 6) is -1.79. The number of carbonyl (C=O) groups excluding carboxylic acids is 1. The summed E-state index contributed by atoms with van der Waals surface area (Å²) in [5, 5.41) is 11.2. The monoisotopic (exact) mass is 269 g/mol. The fourth-order valence-electron chi connectivity index (χ4n) is 1.62. The quantitative estimate of drug-likeness (QED) is 0.817. The number of benzene rings is 1. The highest BCUT2D eigenvalue weighted by Gasteiger charge is 2.15. The van der Waals surface area contributed by atoms with Crippen molar-refractivity contribution < 1.29 is 23.8 Å². The van der Waals surface area contributed by atoms with Gasteiger partial charge in [-0.3, -0.25) is 9.59 Å². The molecule has 1 unspecified atom stereocenters. The number of amides is 1. The molecule has 2 N–H and O–H groups in total. The summed E-state index contributed by atoms with van der Waals surface area (Å²) in [6.45, 7) is 1.71. The average Bonchev–Trinajstić information content (AvgIpc) is 2.33. The zero-order valence-electron chi connectivity index (χ0n) is 10.8. The van der Waals surface area contributed by atoms with Gasteiger partial charge in [-0.2, -0.15) is 0 Å². The summed E-state index contributed by atoms with van der Waals surface area (Å²) < 4.78 is 17.8. The maximum atomic E-state index is 12.9. The Labute approximate surface area is 110 Å². The van der Waals surface area contributed by atoms with Gasteiger partial charge in [0.2, 0.25) is 0 Å². The molecule has 0 spiro atoms. The first-order chi connectivity index (χ1) is 8.93. The minimum Gasteiger partial charge on any atom is -0.481 e. The highest BCUT2D eigenvalue weighted by molar-refractivity contribution is 5.95. The molecule has 5 nitrogen and oxygen atoms in total. The normalized spacial score (nSPS) is 11.9. The van der Waals surface area contributed by atoms with Crippen LogP contribution in [0.2, 0.25) is 0 Å². The van der Waals surface area contributed by atoms with Gasteiger partial charge < -0.3 is 15.2 Å². The Kier molecular flexibility index (Phi) is 5.44. The first kappa shape index (κ1) is 15.1. The summed E-state index contributed by atoms with van der Waals surface area (Å²) >= 11 is 0. The Morgan fingerprint density at radius 3 is 2.68 bits per heavy atom. The van der Waals surface area contributed by atoms with Gasteiger partial charge in [-0.1, -0.05) is 0 Å². The number of hydrogen-bond acceptors (Lipinski definition) is 3. The Hall–Kier alpha value is -1.95. The first-order valence-corrected chi connectivity index (χ1v) is 5.73. The number of carboxylic acid groups (broad SMARTS) is 1. The fraction of sp³-hybridized carbons (Fsp3) is 0.385. The molecule has 6 heteroatoms. The predicted octanol–water partition coefficient (Wildman–Crippen LogP) is 1.35. The molecular weight excluding hydrogens is 253 g/mol. The molecule has 1 atom stereocenters. The molecule has 0 saturated heterocycles. The van der Waals surface area contributed by atoms with Crippen LogP contribution in [0.4, 0.5) is 4.39 Å². The Morgan fingerprint density at radius 2 is 2.16 bits per heavy atom. The van der Waals surface area contributed by atoms with Crippen molar-refractivity contribution in [1.29, 1.82) is 0 Å². The number of nitrogens with one attached hydrogen (secondary N) is 1. The lowest BCUT2D eigenvalue weighted by Crippen LogP contribution is -2.34. The van der Waals surface area contributed by atoms with Gasteiger partial charge in [-0.05, 0) is 30.7 Å². The number of methoxy groups -OCH3 is 1. The third-order valence-electron chi connectivity index (χ3n) is 2.66. The minimum atomic E-state index is -1.00. The molecule has 0 aliphatic carbocycles. The van der Waals surface area contributed by atoms with Gasteiger partial charge >= 0.3 is 5.97 Å². The van der Waals surface area contributed by atoms with Crippen molar-refractivity contribution >= 4 is 11.9 Å². The third-order valence-corrected chi connectivity index (χ3v) is 2.66. The maximum absolute atomic E-state index is 12.9. The molecule has 0 aromatic heterocycles. The highest BCUT2D eigenvalue weighted by Crippen LogP contribution is 2.10. The highest BCUT2D eigenvalue weighted by atomic mass is 19.1. The molecule has 0 heterocycles. The third kappa shape index (κ3) is 4.67. The van der Waals surface area contributed by atoms with E-state index < -0.39 is 17.9 Å². The second kappa shape index (κ2) is 6.84. The van der Waals surface area contributed by atoms with Gasteiger partial charge in [0.1, 0.15) is 5.82 Å². The summed E-state index contributed by atoms with van der Waals surface area (Å²) in [4.78, 5) is 22.4. The Balaban J connectivity index is 2.61. The summed E-state index contributed by atoms with van der Waals surface area (Å²) in [5.41, 5.74) is 0.872. The van der Waals surface area contributed by atoms with Crippen molar-refractivity contribution in [3.8, 4) is 0 Å². The van der Waals surface area contributed by atoms with Crippen LogP contribution in [0.15, 0.2) is 18.2 Å². The van der Waals surface area contributed by atoms with Crippen LogP contribution in [0.1, 0.15) is 22.3 Å². The number of carboxylic acids is 1. The van der Waals surface area contributed by atoms with E-state index in [1.807, 2.05) is 0 Å². The molecule has 1 rings (SSSR count). The van der Waals surface area contributed by atoms with Crippen molar-refractivity contribution in [3.63, 3.8) is 0 Å². The zero-order valence-corrected chi connectivity index (χ0v) is 10.8. The second-order valence-corrected chi connectivity index (χ2v) is 4.12. The van der Waals surface area contributed by atoms with E-state index in [1.54, 1.807) is 6.92 Å². The average molecular weight is 269 g/mol. The van der Waals surface area contributed by atoms with Crippen LogP contribution < -0.4 is 5.32 Å². The number of halogens is 1. The molecule has 1 aromatic carbocycles. The van der Waals surface area contributed by atoms with E-state index in [4.69, 9.17) is 9.84 Å². The van der Waals surface area contributed by atoms with Crippen LogP contribution in [0, 0.1) is 12.7 Å². The van der Waals surface area contributed by atoms with Crippen LogP contribution in [0.5, 0.6) is 0 Å². The molecule has 0 aliphatic heterocycles. The van der Waals surface area contributed by atoms with E-state index in [0.717, 1.165) is 0 Å². The number of hydrogen-bond donors (Lipinski definition) is 2. The van der Waals surface area contributed by atoms with Crippen LogP contribution in [0.25, 0.3) is 0 Å². The van der Waals surface area contributed by atoms with E-state index in [0.29, 0.717) is 11.1 Å². The number of aryl methyl sites for hydroxylation is 1.